The highest BCUT2D eigenvalue weighted by atomic mass is 127. The van der Waals surface area contributed by atoms with Gasteiger partial charge in [0.15, 0.2) is 5.96 Å². The first-order valence-corrected chi connectivity index (χ1v) is 6.41. The Morgan fingerprint density at radius 3 is 2.82 bits per heavy atom. The SMILES string of the molecule is CN=C(NCc1cccs1)NC1CC=CC1.I. The molecule has 0 aliphatic heterocycles. The van der Waals surface area contributed by atoms with Crippen LogP contribution in [0.2, 0.25) is 0 Å². The molecule has 1 heterocycles. The number of nitrogens with zero attached hydrogens (tertiary/aromatic N) is 1. The first kappa shape index (κ1) is 14.5. The molecule has 2 N–H and O–H groups in total. The molecule has 0 fully saturated rings. The van der Waals surface area contributed by atoms with Crippen LogP contribution in [0.3, 0.4) is 0 Å². The Balaban J connectivity index is 0.00000144. The zero-order valence-corrected chi connectivity index (χ0v) is 13.0. The van der Waals surface area contributed by atoms with Gasteiger partial charge in [-0.05, 0) is 24.3 Å². The van der Waals surface area contributed by atoms with Crippen molar-refractivity contribution in [3.05, 3.63) is 34.5 Å². The van der Waals surface area contributed by atoms with Gasteiger partial charge in [-0.25, -0.2) is 0 Å². The lowest BCUT2D eigenvalue weighted by Crippen LogP contribution is -2.41. The van der Waals surface area contributed by atoms with Gasteiger partial charge in [-0.1, -0.05) is 18.2 Å². The van der Waals surface area contributed by atoms with Crippen molar-refractivity contribution in [2.45, 2.75) is 25.4 Å². The van der Waals surface area contributed by atoms with Crippen molar-refractivity contribution in [3.63, 3.8) is 0 Å². The van der Waals surface area contributed by atoms with Gasteiger partial charge in [0.25, 0.3) is 0 Å². The smallest absolute Gasteiger partial charge is 0.191 e. The number of halogens is 1. The quantitative estimate of drug-likeness (QED) is 0.375. The summed E-state index contributed by atoms with van der Waals surface area (Å²) >= 11 is 1.76. The van der Waals surface area contributed by atoms with Crippen LogP contribution in [0.15, 0.2) is 34.7 Å². The molecule has 94 valence electrons. The van der Waals surface area contributed by atoms with E-state index in [4.69, 9.17) is 0 Å². The van der Waals surface area contributed by atoms with Gasteiger partial charge in [0.1, 0.15) is 0 Å². The second-order valence-corrected chi connectivity index (χ2v) is 4.82. The van der Waals surface area contributed by atoms with Crippen LogP contribution in [0.1, 0.15) is 17.7 Å². The first-order chi connectivity index (χ1) is 7.88. The van der Waals surface area contributed by atoms with Gasteiger partial charge in [-0.15, -0.1) is 35.3 Å². The van der Waals surface area contributed by atoms with E-state index in [0.717, 1.165) is 25.3 Å². The van der Waals surface area contributed by atoms with Crippen molar-refractivity contribution in [2.24, 2.45) is 4.99 Å². The van der Waals surface area contributed by atoms with E-state index >= 15 is 0 Å². The molecule has 0 unspecified atom stereocenters. The fraction of sp³-hybridized carbons (Fsp3) is 0.417. The number of guanidine groups is 1. The molecular formula is C12H18IN3S. The van der Waals surface area contributed by atoms with Crippen molar-refractivity contribution in [1.29, 1.82) is 0 Å². The highest BCUT2D eigenvalue weighted by Gasteiger charge is 2.11. The summed E-state index contributed by atoms with van der Waals surface area (Å²) in [5, 5.41) is 8.82. The maximum Gasteiger partial charge on any atom is 0.191 e. The molecule has 1 aliphatic carbocycles. The van der Waals surface area contributed by atoms with E-state index in [-0.39, 0.29) is 24.0 Å². The molecule has 0 aromatic carbocycles. The Morgan fingerprint density at radius 1 is 1.47 bits per heavy atom. The summed E-state index contributed by atoms with van der Waals surface area (Å²) in [6.07, 6.45) is 6.62. The van der Waals surface area contributed by atoms with E-state index in [2.05, 4.69) is 45.3 Å². The van der Waals surface area contributed by atoms with E-state index in [1.165, 1.54) is 4.88 Å². The van der Waals surface area contributed by atoms with Crippen molar-refractivity contribution in [3.8, 4) is 0 Å². The molecule has 1 aliphatic rings. The van der Waals surface area contributed by atoms with Crippen LogP contribution in [0.25, 0.3) is 0 Å². The van der Waals surface area contributed by atoms with Gasteiger partial charge in [-0.2, -0.15) is 0 Å². The summed E-state index contributed by atoms with van der Waals surface area (Å²) in [5.74, 6) is 0.891. The summed E-state index contributed by atoms with van der Waals surface area (Å²) in [6, 6.07) is 4.70. The predicted octanol–water partition coefficient (Wildman–Crippen LogP) is 2.75. The highest BCUT2D eigenvalue weighted by Crippen LogP contribution is 2.09. The normalized spacial score (nSPS) is 15.7. The van der Waals surface area contributed by atoms with E-state index in [1.54, 1.807) is 11.3 Å². The third-order valence-electron chi connectivity index (χ3n) is 2.58. The lowest BCUT2D eigenvalue weighted by molar-refractivity contribution is 0.633. The Morgan fingerprint density at radius 2 is 2.24 bits per heavy atom. The molecule has 0 spiro atoms. The van der Waals surface area contributed by atoms with Gasteiger partial charge < -0.3 is 10.6 Å². The van der Waals surface area contributed by atoms with Crippen LogP contribution in [-0.2, 0) is 6.54 Å². The largest absolute Gasteiger partial charge is 0.353 e. The zero-order valence-electron chi connectivity index (χ0n) is 9.85. The summed E-state index contributed by atoms with van der Waals surface area (Å²) < 4.78 is 0. The van der Waals surface area contributed by atoms with Crippen molar-refractivity contribution in [2.75, 3.05) is 7.05 Å². The lowest BCUT2D eigenvalue weighted by atomic mass is 10.2. The Hall–Kier alpha value is -0.560. The number of hydrogen-bond donors (Lipinski definition) is 2. The van der Waals surface area contributed by atoms with Crippen LogP contribution in [0.5, 0.6) is 0 Å². The topological polar surface area (TPSA) is 36.4 Å². The van der Waals surface area contributed by atoms with Crippen LogP contribution in [0.4, 0.5) is 0 Å². The molecular weight excluding hydrogens is 345 g/mol. The van der Waals surface area contributed by atoms with Gasteiger partial charge in [0.05, 0.1) is 6.54 Å². The Kier molecular flexibility index (Phi) is 6.57. The minimum atomic E-state index is 0. The minimum absolute atomic E-state index is 0. The molecule has 5 heteroatoms. The fourth-order valence-electron chi connectivity index (χ4n) is 1.71. The standard InChI is InChI=1S/C12H17N3S.HI/c1-13-12(15-10-5-2-3-6-10)14-9-11-7-4-8-16-11;/h2-4,7-8,10H,5-6,9H2,1H3,(H2,13,14,15);1H. The monoisotopic (exact) mass is 363 g/mol. The number of rotatable bonds is 3. The number of nitrogens with one attached hydrogen (secondary N) is 2. The maximum atomic E-state index is 4.22. The molecule has 0 saturated carbocycles. The summed E-state index contributed by atoms with van der Waals surface area (Å²) in [4.78, 5) is 5.55. The van der Waals surface area contributed by atoms with Crippen molar-refractivity contribution >= 4 is 41.3 Å². The molecule has 0 saturated heterocycles. The Bertz CT molecular complexity index is 365. The van der Waals surface area contributed by atoms with Crippen molar-refractivity contribution in [1.82, 2.24) is 10.6 Å². The zero-order chi connectivity index (χ0) is 11.2. The molecule has 1 aromatic heterocycles. The fourth-order valence-corrected chi connectivity index (χ4v) is 2.35. The average molecular weight is 363 g/mol. The van der Waals surface area contributed by atoms with Crippen LogP contribution in [-0.4, -0.2) is 19.0 Å². The molecule has 0 bridgehead atoms. The minimum Gasteiger partial charge on any atom is -0.353 e. The summed E-state index contributed by atoms with van der Waals surface area (Å²) in [6.45, 7) is 0.845. The Labute approximate surface area is 123 Å². The van der Waals surface area contributed by atoms with Crippen molar-refractivity contribution < 1.29 is 0 Å². The van der Waals surface area contributed by atoms with Crippen LogP contribution in [0, 0.1) is 0 Å². The van der Waals surface area contributed by atoms with Gasteiger partial charge in [0, 0.05) is 18.0 Å². The molecule has 2 rings (SSSR count). The highest BCUT2D eigenvalue weighted by molar-refractivity contribution is 14.0. The molecule has 3 nitrogen and oxygen atoms in total. The van der Waals surface area contributed by atoms with Gasteiger partial charge in [0.2, 0.25) is 0 Å². The lowest BCUT2D eigenvalue weighted by Gasteiger charge is -2.16. The average Bonchev–Trinajstić information content (AvgIpc) is 2.97. The predicted molar refractivity (Wildman–Crippen MR) is 85.2 cm³/mol. The van der Waals surface area contributed by atoms with Gasteiger partial charge in [-0.3, -0.25) is 4.99 Å². The van der Waals surface area contributed by atoms with Crippen LogP contribution >= 0.6 is 35.3 Å². The van der Waals surface area contributed by atoms with Gasteiger partial charge >= 0.3 is 0 Å². The summed E-state index contributed by atoms with van der Waals surface area (Å²) in [5.41, 5.74) is 0. The second kappa shape index (κ2) is 7.71. The second-order valence-electron chi connectivity index (χ2n) is 3.79. The molecule has 1 aromatic rings. The molecule has 0 radical (unpaired) electrons. The third-order valence-corrected chi connectivity index (χ3v) is 3.46. The maximum absolute atomic E-state index is 4.22. The van der Waals surface area contributed by atoms with E-state index < -0.39 is 0 Å². The molecule has 0 amide bonds. The molecule has 0 atom stereocenters. The van der Waals surface area contributed by atoms with Crippen LogP contribution < -0.4 is 10.6 Å². The number of thiophene rings is 1. The van der Waals surface area contributed by atoms with E-state index in [9.17, 15) is 0 Å². The summed E-state index contributed by atoms with van der Waals surface area (Å²) in [7, 11) is 1.81. The van der Waals surface area contributed by atoms with E-state index in [0.29, 0.717) is 6.04 Å². The third kappa shape index (κ3) is 4.67. The number of hydrogen-bond acceptors (Lipinski definition) is 2. The molecule has 17 heavy (non-hydrogen) atoms. The number of aliphatic imine (C=N–C) groups is 1. The van der Waals surface area contributed by atoms with E-state index in [1.807, 2.05) is 7.05 Å². The first-order valence-electron chi connectivity index (χ1n) is 5.53.